The van der Waals surface area contributed by atoms with E-state index in [1.54, 1.807) is 0 Å². The Morgan fingerprint density at radius 2 is 2.25 bits per heavy atom. The van der Waals surface area contributed by atoms with Gasteiger partial charge in [0.1, 0.15) is 4.60 Å². The van der Waals surface area contributed by atoms with Gasteiger partial charge in [-0.25, -0.2) is 13.8 Å². The molecule has 7 heteroatoms. The summed E-state index contributed by atoms with van der Waals surface area (Å²) < 4.78 is 25.8. The Kier molecular flexibility index (Phi) is 4.61. The molecule has 1 aromatic heterocycles. The summed E-state index contributed by atoms with van der Waals surface area (Å²) in [7, 11) is 0. The predicted molar refractivity (Wildman–Crippen MR) is 57.8 cm³/mol. The van der Waals surface area contributed by atoms with Gasteiger partial charge in [0.2, 0.25) is 0 Å². The van der Waals surface area contributed by atoms with Crippen LogP contribution in [0, 0.1) is 0 Å². The van der Waals surface area contributed by atoms with Crippen molar-refractivity contribution in [3.05, 3.63) is 27.5 Å². The Bertz CT molecular complexity index is 415. The van der Waals surface area contributed by atoms with Crippen molar-refractivity contribution in [2.75, 3.05) is 0 Å². The molecule has 16 heavy (non-hydrogen) atoms. The first-order valence-corrected chi connectivity index (χ1v) is 5.52. The second-order valence-corrected chi connectivity index (χ2v) is 4.05. The van der Waals surface area contributed by atoms with E-state index in [0.717, 1.165) is 0 Å². The third kappa shape index (κ3) is 3.12. The van der Waals surface area contributed by atoms with Crippen LogP contribution in [-0.4, -0.2) is 16.1 Å². The summed E-state index contributed by atoms with van der Waals surface area (Å²) in [6.07, 6.45) is -3.27. The molecule has 0 bridgehead atoms. The molecule has 0 unspecified atom stereocenters. The highest BCUT2D eigenvalue weighted by Crippen LogP contribution is 2.29. The van der Waals surface area contributed by atoms with Gasteiger partial charge >= 0.3 is 5.97 Å². The second kappa shape index (κ2) is 5.54. The Hall–Kier alpha value is -0.750. The molecule has 0 saturated heterocycles. The van der Waals surface area contributed by atoms with Gasteiger partial charge in [0.15, 0.2) is 0 Å². The Morgan fingerprint density at radius 1 is 1.62 bits per heavy atom. The van der Waals surface area contributed by atoms with Gasteiger partial charge in [-0.1, -0.05) is 0 Å². The maximum atomic E-state index is 12.8. The minimum Gasteiger partial charge on any atom is -0.481 e. The highest BCUT2D eigenvalue weighted by atomic mass is 79.9. The number of rotatable bonds is 4. The number of pyridine rings is 1. The summed E-state index contributed by atoms with van der Waals surface area (Å²) in [4.78, 5) is 14.3. The molecule has 1 rings (SSSR count). The molecule has 0 aliphatic heterocycles. The number of hydrogen-bond donors (Lipinski definition) is 1. The van der Waals surface area contributed by atoms with Gasteiger partial charge < -0.3 is 5.11 Å². The minimum absolute atomic E-state index is 0.00212. The number of carboxylic acids is 1. The average molecular weight is 315 g/mol. The quantitative estimate of drug-likeness (QED) is 0.686. The van der Waals surface area contributed by atoms with Gasteiger partial charge in [-0.05, 0) is 27.6 Å². The van der Waals surface area contributed by atoms with Gasteiger partial charge in [-0.15, -0.1) is 11.6 Å². The van der Waals surface area contributed by atoms with Crippen molar-refractivity contribution in [1.29, 1.82) is 0 Å². The number of aliphatic carboxylic acids is 1. The third-order valence-electron chi connectivity index (χ3n) is 1.88. The van der Waals surface area contributed by atoms with Crippen LogP contribution in [0.5, 0.6) is 0 Å². The van der Waals surface area contributed by atoms with Crippen LogP contribution in [0.1, 0.15) is 23.2 Å². The summed E-state index contributed by atoms with van der Waals surface area (Å²) in [6, 6.07) is 1.27. The number of aromatic nitrogens is 1. The lowest BCUT2D eigenvalue weighted by molar-refractivity contribution is -0.136. The van der Waals surface area contributed by atoms with Crippen molar-refractivity contribution in [3.8, 4) is 0 Å². The van der Waals surface area contributed by atoms with E-state index in [-0.39, 0.29) is 22.7 Å². The first-order valence-electron chi connectivity index (χ1n) is 4.19. The van der Waals surface area contributed by atoms with Crippen molar-refractivity contribution >= 4 is 33.5 Å². The molecule has 0 saturated carbocycles. The van der Waals surface area contributed by atoms with E-state index in [2.05, 4.69) is 20.9 Å². The molecule has 0 spiro atoms. The van der Waals surface area contributed by atoms with Crippen LogP contribution >= 0.6 is 27.5 Å². The van der Waals surface area contributed by atoms with Crippen molar-refractivity contribution in [2.24, 2.45) is 0 Å². The van der Waals surface area contributed by atoms with E-state index in [1.165, 1.54) is 6.07 Å². The summed E-state index contributed by atoms with van der Waals surface area (Å²) in [5.74, 6) is -1.37. The van der Waals surface area contributed by atoms with Crippen molar-refractivity contribution in [1.82, 2.24) is 4.98 Å². The average Bonchev–Trinajstić information content (AvgIpc) is 2.14. The molecule has 0 aromatic carbocycles. The number of halogens is 4. The maximum Gasteiger partial charge on any atom is 0.307 e. The minimum atomic E-state index is -2.79. The molecule has 1 aromatic rings. The fourth-order valence-corrected chi connectivity index (χ4v) is 2.00. The van der Waals surface area contributed by atoms with Crippen molar-refractivity contribution < 1.29 is 18.7 Å². The molecule has 1 heterocycles. The van der Waals surface area contributed by atoms with Crippen LogP contribution in [0.25, 0.3) is 0 Å². The maximum absolute atomic E-state index is 12.8. The molecule has 0 aliphatic rings. The molecule has 88 valence electrons. The molecule has 3 nitrogen and oxygen atoms in total. The Labute approximate surface area is 104 Å². The lowest BCUT2D eigenvalue weighted by Gasteiger charge is -2.11. The van der Waals surface area contributed by atoms with Crippen LogP contribution < -0.4 is 0 Å². The monoisotopic (exact) mass is 313 g/mol. The zero-order valence-electron chi connectivity index (χ0n) is 7.88. The first-order chi connectivity index (χ1) is 7.45. The SMILES string of the molecule is O=C(O)Cc1cc(Br)nc(CCl)c1C(F)F. The number of hydrogen-bond acceptors (Lipinski definition) is 2. The largest absolute Gasteiger partial charge is 0.481 e. The molecule has 0 radical (unpaired) electrons. The summed E-state index contributed by atoms with van der Waals surface area (Å²) >= 11 is 8.51. The molecule has 1 N–H and O–H groups in total. The number of carboxylic acid groups (broad SMARTS) is 1. The van der Waals surface area contributed by atoms with Crippen molar-refractivity contribution in [3.63, 3.8) is 0 Å². The molecular formula is C9H7BrClF2NO2. The van der Waals surface area contributed by atoms with E-state index >= 15 is 0 Å². The Balaban J connectivity index is 3.32. The van der Waals surface area contributed by atoms with Crippen LogP contribution in [-0.2, 0) is 17.1 Å². The van der Waals surface area contributed by atoms with Gasteiger partial charge in [0.05, 0.1) is 18.0 Å². The smallest absolute Gasteiger partial charge is 0.307 e. The van der Waals surface area contributed by atoms with Crippen LogP contribution in [0.2, 0.25) is 0 Å². The predicted octanol–water partition coefficient (Wildman–Crippen LogP) is 3.15. The molecule has 0 amide bonds. The molecule has 0 atom stereocenters. The topological polar surface area (TPSA) is 50.2 Å². The van der Waals surface area contributed by atoms with Crippen LogP contribution in [0.15, 0.2) is 10.7 Å². The fourth-order valence-electron chi connectivity index (χ4n) is 1.31. The summed E-state index contributed by atoms with van der Waals surface area (Å²) in [5.41, 5.74) is -0.358. The summed E-state index contributed by atoms with van der Waals surface area (Å²) in [5, 5.41) is 8.61. The Morgan fingerprint density at radius 3 is 2.69 bits per heavy atom. The molecule has 0 fully saturated rings. The van der Waals surface area contributed by atoms with Gasteiger partial charge in [0, 0.05) is 5.56 Å². The number of carbonyl (C=O) groups is 1. The highest BCUT2D eigenvalue weighted by Gasteiger charge is 2.21. The molecule has 0 aliphatic carbocycles. The first kappa shape index (κ1) is 13.3. The lowest BCUT2D eigenvalue weighted by atomic mass is 10.0. The zero-order valence-corrected chi connectivity index (χ0v) is 10.2. The van der Waals surface area contributed by atoms with E-state index in [1.807, 2.05) is 0 Å². The van der Waals surface area contributed by atoms with Crippen LogP contribution in [0.3, 0.4) is 0 Å². The zero-order chi connectivity index (χ0) is 12.3. The van der Waals surface area contributed by atoms with Gasteiger partial charge in [-0.2, -0.15) is 0 Å². The summed E-state index contributed by atoms with van der Waals surface area (Å²) in [6.45, 7) is 0. The standard InChI is InChI=1S/C9H7BrClF2NO2/c10-6-1-4(2-7(15)16)8(9(12)13)5(3-11)14-6/h1,9H,2-3H2,(H,15,16). The number of alkyl halides is 3. The van der Waals surface area contributed by atoms with E-state index in [4.69, 9.17) is 16.7 Å². The van der Waals surface area contributed by atoms with E-state index in [9.17, 15) is 13.6 Å². The van der Waals surface area contributed by atoms with Gasteiger partial charge in [0.25, 0.3) is 6.43 Å². The van der Waals surface area contributed by atoms with E-state index in [0.29, 0.717) is 4.60 Å². The van der Waals surface area contributed by atoms with Crippen molar-refractivity contribution in [2.45, 2.75) is 18.7 Å². The van der Waals surface area contributed by atoms with E-state index < -0.39 is 18.8 Å². The third-order valence-corrected chi connectivity index (χ3v) is 2.54. The van der Waals surface area contributed by atoms with Gasteiger partial charge in [-0.3, -0.25) is 4.79 Å². The van der Waals surface area contributed by atoms with Crippen LogP contribution in [0.4, 0.5) is 8.78 Å². The highest BCUT2D eigenvalue weighted by molar-refractivity contribution is 9.10. The second-order valence-electron chi connectivity index (χ2n) is 2.97. The fraction of sp³-hybridized carbons (Fsp3) is 0.333. The normalized spacial score (nSPS) is 10.8. The molecular weight excluding hydrogens is 307 g/mol. The lowest BCUT2D eigenvalue weighted by Crippen LogP contribution is -2.08. The number of nitrogens with zero attached hydrogens (tertiary/aromatic N) is 1.